The highest BCUT2D eigenvalue weighted by atomic mass is 16.7. The number of ketones is 1. The van der Waals surface area contributed by atoms with Crippen molar-refractivity contribution in [3.8, 4) is 0 Å². The number of carboxylic acid groups (broad SMARTS) is 1. The molecule has 6 heteroatoms. The molecule has 1 aliphatic rings. The Morgan fingerprint density at radius 2 is 1.85 bits per heavy atom. The molecule has 3 N–H and O–H groups in total. The number of ether oxygens (including phenoxy) is 2. The van der Waals surface area contributed by atoms with Crippen LogP contribution in [0.3, 0.4) is 0 Å². The van der Waals surface area contributed by atoms with Crippen LogP contribution in [-0.2, 0) is 20.7 Å². The Morgan fingerprint density at radius 1 is 1.25 bits per heavy atom. The van der Waals surface area contributed by atoms with Crippen LogP contribution in [-0.4, -0.2) is 42.4 Å². The third-order valence-corrected chi connectivity index (χ3v) is 3.09. The summed E-state index contributed by atoms with van der Waals surface area (Å²) in [6.45, 7) is 1.04. The zero-order chi connectivity index (χ0) is 14.5. The second-order valence-corrected chi connectivity index (χ2v) is 4.64. The average molecular weight is 279 g/mol. The van der Waals surface area contributed by atoms with E-state index in [-0.39, 0.29) is 18.6 Å². The quantitative estimate of drug-likeness (QED) is 0.739. The SMILES string of the molecule is N[C@@H](Cc1ccc(C(=O)CC2OCCO2)cc1)C(=O)O. The molecule has 1 aliphatic heterocycles. The van der Waals surface area contributed by atoms with Crippen molar-refractivity contribution >= 4 is 11.8 Å². The zero-order valence-corrected chi connectivity index (χ0v) is 11.0. The van der Waals surface area contributed by atoms with Gasteiger partial charge in [-0.15, -0.1) is 0 Å². The number of rotatable bonds is 6. The molecule has 108 valence electrons. The highest BCUT2D eigenvalue weighted by Crippen LogP contribution is 2.14. The molecule has 0 bridgehead atoms. The van der Waals surface area contributed by atoms with Gasteiger partial charge in [-0.3, -0.25) is 9.59 Å². The molecule has 1 atom stereocenters. The van der Waals surface area contributed by atoms with E-state index in [2.05, 4.69) is 0 Å². The van der Waals surface area contributed by atoms with E-state index >= 15 is 0 Å². The zero-order valence-electron chi connectivity index (χ0n) is 11.0. The van der Waals surface area contributed by atoms with Gasteiger partial charge in [0.05, 0.1) is 19.6 Å². The molecule has 0 aliphatic carbocycles. The fourth-order valence-electron chi connectivity index (χ4n) is 1.96. The Bertz CT molecular complexity index is 479. The van der Waals surface area contributed by atoms with E-state index in [1.165, 1.54) is 0 Å². The second kappa shape index (κ2) is 6.60. The van der Waals surface area contributed by atoms with E-state index in [0.717, 1.165) is 5.56 Å². The Labute approximate surface area is 116 Å². The van der Waals surface area contributed by atoms with Gasteiger partial charge >= 0.3 is 5.97 Å². The summed E-state index contributed by atoms with van der Waals surface area (Å²) in [5.41, 5.74) is 6.79. The number of hydrogen-bond acceptors (Lipinski definition) is 5. The van der Waals surface area contributed by atoms with Gasteiger partial charge < -0.3 is 20.3 Å². The van der Waals surface area contributed by atoms with Crippen molar-refractivity contribution in [2.75, 3.05) is 13.2 Å². The van der Waals surface area contributed by atoms with Gasteiger partial charge in [-0.05, 0) is 12.0 Å². The van der Waals surface area contributed by atoms with Crippen LogP contribution in [0.5, 0.6) is 0 Å². The lowest BCUT2D eigenvalue weighted by molar-refractivity contribution is -0.138. The van der Waals surface area contributed by atoms with Crippen molar-refractivity contribution in [2.45, 2.75) is 25.2 Å². The van der Waals surface area contributed by atoms with Crippen molar-refractivity contribution in [3.05, 3.63) is 35.4 Å². The Morgan fingerprint density at radius 3 is 2.40 bits per heavy atom. The summed E-state index contributed by atoms with van der Waals surface area (Å²) in [4.78, 5) is 22.6. The van der Waals surface area contributed by atoms with E-state index in [9.17, 15) is 9.59 Å². The summed E-state index contributed by atoms with van der Waals surface area (Å²) >= 11 is 0. The molecule has 1 aromatic carbocycles. The van der Waals surface area contributed by atoms with Crippen molar-refractivity contribution in [1.29, 1.82) is 0 Å². The van der Waals surface area contributed by atoms with Crippen LogP contribution >= 0.6 is 0 Å². The molecule has 0 amide bonds. The van der Waals surface area contributed by atoms with Crippen molar-refractivity contribution in [3.63, 3.8) is 0 Å². The molecule has 20 heavy (non-hydrogen) atoms. The number of nitrogens with two attached hydrogens (primary N) is 1. The van der Waals surface area contributed by atoms with Gasteiger partial charge in [0.1, 0.15) is 6.04 Å². The summed E-state index contributed by atoms with van der Waals surface area (Å²) in [5.74, 6) is -1.10. The maximum Gasteiger partial charge on any atom is 0.320 e. The molecule has 0 aromatic heterocycles. The van der Waals surface area contributed by atoms with E-state index in [1.54, 1.807) is 24.3 Å². The lowest BCUT2D eigenvalue weighted by atomic mass is 10.0. The topological polar surface area (TPSA) is 98.9 Å². The van der Waals surface area contributed by atoms with E-state index in [4.69, 9.17) is 20.3 Å². The Kier molecular flexibility index (Phi) is 4.84. The summed E-state index contributed by atoms with van der Waals surface area (Å²) in [6.07, 6.45) is -0.0327. The van der Waals surface area contributed by atoms with E-state index in [0.29, 0.717) is 18.8 Å². The molecular formula is C14H17NO5. The van der Waals surface area contributed by atoms with Crippen LogP contribution in [0.1, 0.15) is 22.3 Å². The van der Waals surface area contributed by atoms with Gasteiger partial charge in [-0.1, -0.05) is 24.3 Å². The average Bonchev–Trinajstić information content (AvgIpc) is 2.92. The number of hydrogen-bond donors (Lipinski definition) is 2. The minimum atomic E-state index is -1.04. The van der Waals surface area contributed by atoms with Crippen molar-refractivity contribution in [1.82, 2.24) is 0 Å². The number of aliphatic carboxylic acids is 1. The first-order valence-corrected chi connectivity index (χ1v) is 6.40. The third-order valence-electron chi connectivity index (χ3n) is 3.09. The highest BCUT2D eigenvalue weighted by Gasteiger charge is 2.20. The monoisotopic (exact) mass is 279 g/mol. The molecule has 0 saturated carbocycles. The van der Waals surface area contributed by atoms with Gasteiger partial charge in [0.2, 0.25) is 0 Å². The lowest BCUT2D eigenvalue weighted by Gasteiger charge is -2.09. The van der Waals surface area contributed by atoms with Crippen LogP contribution < -0.4 is 5.73 Å². The van der Waals surface area contributed by atoms with Gasteiger partial charge in [-0.25, -0.2) is 0 Å². The van der Waals surface area contributed by atoms with Crippen LogP contribution in [0.25, 0.3) is 0 Å². The molecule has 0 radical (unpaired) electrons. The van der Waals surface area contributed by atoms with Gasteiger partial charge in [0.25, 0.3) is 0 Å². The molecule has 1 heterocycles. The third kappa shape index (κ3) is 3.86. The lowest BCUT2D eigenvalue weighted by Crippen LogP contribution is -2.32. The maximum atomic E-state index is 12.0. The highest BCUT2D eigenvalue weighted by molar-refractivity contribution is 5.96. The van der Waals surface area contributed by atoms with Crippen LogP contribution in [0.15, 0.2) is 24.3 Å². The largest absolute Gasteiger partial charge is 0.480 e. The number of Topliss-reactive ketones (excluding diaryl/α,β-unsaturated/α-hetero) is 1. The number of benzene rings is 1. The Hall–Kier alpha value is -1.76. The van der Waals surface area contributed by atoms with E-state index < -0.39 is 18.3 Å². The first-order chi connectivity index (χ1) is 9.56. The van der Waals surface area contributed by atoms with Crippen molar-refractivity contribution in [2.24, 2.45) is 5.73 Å². The van der Waals surface area contributed by atoms with Crippen LogP contribution in [0, 0.1) is 0 Å². The molecule has 0 spiro atoms. The van der Waals surface area contributed by atoms with Crippen molar-refractivity contribution < 1.29 is 24.2 Å². The number of carbonyl (C=O) groups is 2. The van der Waals surface area contributed by atoms with Crippen LogP contribution in [0.4, 0.5) is 0 Å². The van der Waals surface area contributed by atoms with Gasteiger partial charge in [0, 0.05) is 5.56 Å². The first kappa shape index (κ1) is 14.6. The second-order valence-electron chi connectivity index (χ2n) is 4.64. The van der Waals surface area contributed by atoms with Crippen LogP contribution in [0.2, 0.25) is 0 Å². The first-order valence-electron chi connectivity index (χ1n) is 6.40. The standard InChI is InChI=1S/C14H17NO5/c15-11(14(17)18)7-9-1-3-10(4-2-9)12(16)8-13-19-5-6-20-13/h1-4,11,13H,5-8,15H2,(H,17,18)/t11-/m0/s1. The Balaban J connectivity index is 1.93. The fourth-order valence-corrected chi connectivity index (χ4v) is 1.96. The predicted molar refractivity (Wildman–Crippen MR) is 70.4 cm³/mol. The number of carbonyl (C=O) groups excluding carboxylic acids is 1. The fraction of sp³-hybridized carbons (Fsp3) is 0.429. The summed E-state index contributed by atoms with van der Waals surface area (Å²) in [7, 11) is 0. The molecule has 1 aromatic rings. The minimum absolute atomic E-state index is 0.0639. The smallest absolute Gasteiger partial charge is 0.320 e. The molecule has 1 saturated heterocycles. The normalized spacial score (nSPS) is 17.1. The molecule has 0 unspecified atom stereocenters. The summed E-state index contributed by atoms with van der Waals surface area (Å²) in [6, 6.07) is 5.83. The summed E-state index contributed by atoms with van der Waals surface area (Å²) in [5, 5.41) is 8.74. The molecular weight excluding hydrogens is 262 g/mol. The van der Waals surface area contributed by atoms with Gasteiger partial charge in [0.15, 0.2) is 12.1 Å². The molecule has 6 nitrogen and oxygen atoms in total. The van der Waals surface area contributed by atoms with Gasteiger partial charge in [-0.2, -0.15) is 0 Å². The predicted octanol–water partition coefficient (Wildman–Crippen LogP) is 0.587. The maximum absolute atomic E-state index is 12.0. The molecule has 1 fully saturated rings. The molecule has 2 rings (SSSR count). The number of carboxylic acids is 1. The van der Waals surface area contributed by atoms with E-state index in [1.807, 2.05) is 0 Å². The minimum Gasteiger partial charge on any atom is -0.480 e. The summed E-state index contributed by atoms with van der Waals surface area (Å²) < 4.78 is 10.4.